The van der Waals surface area contributed by atoms with Gasteiger partial charge in [0.25, 0.3) is 0 Å². The fourth-order valence-electron chi connectivity index (χ4n) is 4.05. The number of rotatable bonds is 14. The smallest absolute Gasteiger partial charge is 0.305 e. The number of unbranched alkanes of at least 4 members (excludes halogenated alkanes) is 3. The van der Waals surface area contributed by atoms with Crippen molar-refractivity contribution in [2.24, 2.45) is 5.92 Å². The predicted molar refractivity (Wildman–Crippen MR) is 124 cm³/mol. The van der Waals surface area contributed by atoms with Crippen molar-refractivity contribution in [3.05, 3.63) is 35.4 Å². The van der Waals surface area contributed by atoms with Crippen LogP contribution in [0.3, 0.4) is 0 Å². The molecule has 0 amide bonds. The van der Waals surface area contributed by atoms with E-state index in [-0.39, 0.29) is 18.0 Å². The van der Waals surface area contributed by atoms with Crippen LogP contribution in [0.4, 0.5) is 0 Å². The summed E-state index contributed by atoms with van der Waals surface area (Å²) in [5.41, 5.74) is 2.52. The monoisotopic (exact) mass is 434 g/mol. The molecule has 0 aliphatic heterocycles. The molecule has 1 saturated carbocycles. The first kappa shape index (κ1) is 24.9. The lowest BCUT2D eigenvalue weighted by molar-refractivity contribution is -0.143. The molecule has 0 radical (unpaired) electrons. The maximum absolute atomic E-state index is 12.3. The SMILES string of the molecule is CCOC(=O)CCCCCCC1C(=O)CCC1SCC(O)CCc1ccc(C)cc1. The van der Waals surface area contributed by atoms with E-state index in [1.165, 1.54) is 11.1 Å². The van der Waals surface area contributed by atoms with E-state index in [9.17, 15) is 14.7 Å². The third-order valence-corrected chi connectivity index (χ3v) is 7.45. The number of ketones is 1. The molecule has 3 atom stereocenters. The highest BCUT2D eigenvalue weighted by atomic mass is 32.2. The molecule has 0 saturated heterocycles. The van der Waals surface area contributed by atoms with E-state index < -0.39 is 0 Å². The summed E-state index contributed by atoms with van der Waals surface area (Å²) in [6.07, 6.45) is 8.36. The number of esters is 1. The highest BCUT2D eigenvalue weighted by molar-refractivity contribution is 8.00. The number of aryl methyl sites for hydroxylation is 2. The van der Waals surface area contributed by atoms with Crippen molar-refractivity contribution in [1.29, 1.82) is 0 Å². The molecule has 0 spiro atoms. The number of aliphatic hydroxyl groups is 1. The molecule has 1 aliphatic carbocycles. The van der Waals surface area contributed by atoms with Crippen molar-refractivity contribution in [1.82, 2.24) is 0 Å². The van der Waals surface area contributed by atoms with Gasteiger partial charge in [-0.15, -0.1) is 0 Å². The van der Waals surface area contributed by atoms with E-state index in [4.69, 9.17) is 4.74 Å². The molecule has 1 fully saturated rings. The zero-order valence-electron chi connectivity index (χ0n) is 18.6. The Kier molecular flexibility index (Phi) is 11.5. The highest BCUT2D eigenvalue weighted by Gasteiger charge is 2.34. The topological polar surface area (TPSA) is 63.6 Å². The summed E-state index contributed by atoms with van der Waals surface area (Å²) in [6, 6.07) is 8.49. The molecule has 5 heteroatoms. The summed E-state index contributed by atoms with van der Waals surface area (Å²) in [6.45, 7) is 4.36. The number of hydrogen-bond donors (Lipinski definition) is 1. The summed E-state index contributed by atoms with van der Waals surface area (Å²) in [4.78, 5) is 23.7. The second-order valence-electron chi connectivity index (χ2n) is 8.42. The summed E-state index contributed by atoms with van der Waals surface area (Å²) < 4.78 is 4.94. The first-order valence-electron chi connectivity index (χ1n) is 11.5. The number of hydrogen-bond acceptors (Lipinski definition) is 5. The first-order chi connectivity index (χ1) is 14.5. The molecule has 2 rings (SSSR count). The van der Waals surface area contributed by atoms with Crippen LogP contribution in [-0.2, 0) is 20.7 Å². The van der Waals surface area contributed by atoms with Crippen LogP contribution in [0.1, 0.15) is 75.8 Å². The Balaban J connectivity index is 1.61. The molecule has 0 bridgehead atoms. The van der Waals surface area contributed by atoms with Gasteiger partial charge in [0.1, 0.15) is 5.78 Å². The number of carbonyl (C=O) groups excluding carboxylic acids is 2. The molecule has 0 aromatic heterocycles. The summed E-state index contributed by atoms with van der Waals surface area (Å²) >= 11 is 1.79. The molecular formula is C25H38O4S. The van der Waals surface area contributed by atoms with Crippen molar-refractivity contribution in [2.45, 2.75) is 89.4 Å². The molecule has 0 heterocycles. The molecular weight excluding hydrogens is 396 g/mol. The highest BCUT2D eigenvalue weighted by Crippen LogP contribution is 2.36. The Labute approximate surface area is 186 Å². The molecule has 1 N–H and O–H groups in total. The fourth-order valence-corrected chi connectivity index (χ4v) is 5.49. The van der Waals surface area contributed by atoms with E-state index in [1.54, 1.807) is 11.8 Å². The van der Waals surface area contributed by atoms with Crippen molar-refractivity contribution >= 4 is 23.5 Å². The number of carbonyl (C=O) groups is 2. The molecule has 1 aliphatic rings. The van der Waals surface area contributed by atoms with Crippen LogP contribution in [0.5, 0.6) is 0 Å². The van der Waals surface area contributed by atoms with Gasteiger partial charge in [-0.3, -0.25) is 9.59 Å². The average molecular weight is 435 g/mol. The molecule has 3 unspecified atom stereocenters. The Morgan fingerprint density at radius 2 is 1.93 bits per heavy atom. The van der Waals surface area contributed by atoms with E-state index in [0.29, 0.717) is 36.2 Å². The van der Waals surface area contributed by atoms with Crippen LogP contribution in [-0.4, -0.2) is 40.6 Å². The second-order valence-corrected chi connectivity index (χ2v) is 9.69. The lowest BCUT2D eigenvalue weighted by Crippen LogP contribution is -2.20. The van der Waals surface area contributed by atoms with Gasteiger partial charge in [0.2, 0.25) is 0 Å². The number of aliphatic hydroxyl groups excluding tert-OH is 1. The molecule has 4 nitrogen and oxygen atoms in total. The van der Waals surface area contributed by atoms with Crippen molar-refractivity contribution < 1.29 is 19.4 Å². The van der Waals surface area contributed by atoms with Crippen LogP contribution < -0.4 is 0 Å². The number of ether oxygens (including phenoxy) is 1. The minimum Gasteiger partial charge on any atom is -0.466 e. The van der Waals surface area contributed by atoms with Gasteiger partial charge in [0, 0.05) is 29.8 Å². The lowest BCUT2D eigenvalue weighted by atomic mass is 9.98. The predicted octanol–water partition coefficient (Wildman–Crippen LogP) is 5.27. The largest absolute Gasteiger partial charge is 0.466 e. The Bertz CT molecular complexity index is 643. The minimum atomic E-state index is -0.324. The summed E-state index contributed by atoms with van der Waals surface area (Å²) in [7, 11) is 0. The van der Waals surface area contributed by atoms with Gasteiger partial charge >= 0.3 is 5.97 Å². The Morgan fingerprint density at radius 3 is 2.67 bits per heavy atom. The van der Waals surface area contributed by atoms with Crippen LogP contribution >= 0.6 is 11.8 Å². The maximum atomic E-state index is 12.3. The van der Waals surface area contributed by atoms with E-state index >= 15 is 0 Å². The van der Waals surface area contributed by atoms with E-state index in [1.807, 2.05) is 6.92 Å². The molecule has 1 aromatic carbocycles. The zero-order chi connectivity index (χ0) is 21.8. The average Bonchev–Trinajstić information content (AvgIpc) is 3.08. The Morgan fingerprint density at radius 1 is 1.20 bits per heavy atom. The normalized spacial score (nSPS) is 19.8. The zero-order valence-corrected chi connectivity index (χ0v) is 19.4. The molecule has 30 heavy (non-hydrogen) atoms. The molecule has 1 aromatic rings. The van der Waals surface area contributed by atoms with Crippen LogP contribution in [0.25, 0.3) is 0 Å². The quantitative estimate of drug-likeness (QED) is 0.319. The summed E-state index contributed by atoms with van der Waals surface area (Å²) in [5.74, 6) is 1.14. The van der Waals surface area contributed by atoms with Crippen LogP contribution in [0, 0.1) is 12.8 Å². The number of Topliss-reactive ketones (excluding diaryl/α,β-unsaturated/α-hetero) is 1. The third-order valence-electron chi connectivity index (χ3n) is 5.88. The number of benzene rings is 1. The third kappa shape index (κ3) is 9.22. The van der Waals surface area contributed by atoms with Crippen molar-refractivity contribution in [3.63, 3.8) is 0 Å². The Hall–Kier alpha value is -1.33. The van der Waals surface area contributed by atoms with Crippen molar-refractivity contribution in [2.75, 3.05) is 12.4 Å². The maximum Gasteiger partial charge on any atom is 0.305 e. The first-order valence-corrected chi connectivity index (χ1v) is 12.6. The summed E-state index contributed by atoms with van der Waals surface area (Å²) in [5, 5.41) is 10.7. The van der Waals surface area contributed by atoms with Gasteiger partial charge in [0.15, 0.2) is 0 Å². The van der Waals surface area contributed by atoms with Crippen LogP contribution in [0.2, 0.25) is 0 Å². The van der Waals surface area contributed by atoms with E-state index in [2.05, 4.69) is 31.2 Å². The van der Waals surface area contributed by atoms with Gasteiger partial charge in [-0.25, -0.2) is 0 Å². The number of thioether (sulfide) groups is 1. The van der Waals surface area contributed by atoms with Gasteiger partial charge in [-0.05, 0) is 51.5 Å². The van der Waals surface area contributed by atoms with Gasteiger partial charge in [-0.2, -0.15) is 11.8 Å². The molecule has 168 valence electrons. The fraction of sp³-hybridized carbons (Fsp3) is 0.680. The van der Waals surface area contributed by atoms with E-state index in [0.717, 1.165) is 51.4 Å². The van der Waals surface area contributed by atoms with Gasteiger partial charge in [0.05, 0.1) is 12.7 Å². The van der Waals surface area contributed by atoms with Crippen LogP contribution in [0.15, 0.2) is 24.3 Å². The van der Waals surface area contributed by atoms with Crippen molar-refractivity contribution in [3.8, 4) is 0 Å². The lowest BCUT2D eigenvalue weighted by Gasteiger charge is -2.20. The van der Waals surface area contributed by atoms with Gasteiger partial charge < -0.3 is 9.84 Å². The minimum absolute atomic E-state index is 0.110. The standard InChI is InChI=1S/C25H38O4S/c1-3-29-25(28)9-7-5-4-6-8-22-23(27)16-17-24(22)30-18-21(26)15-14-20-12-10-19(2)11-13-20/h10-13,21-22,24,26H,3-9,14-18H2,1-2H3. The van der Waals surface area contributed by atoms with Gasteiger partial charge in [-0.1, -0.05) is 49.1 Å². The second kappa shape index (κ2) is 13.9.